The molecule has 0 unspecified atom stereocenters. The molecule has 0 saturated heterocycles. The lowest BCUT2D eigenvalue weighted by molar-refractivity contribution is 0.0578. The van der Waals surface area contributed by atoms with Gasteiger partial charge >= 0.3 is 8.80 Å². The highest BCUT2D eigenvalue weighted by Crippen LogP contribution is 2.19. The minimum absolute atomic E-state index is 0.758. The third kappa shape index (κ3) is 10.0. The maximum Gasteiger partial charge on any atom is 0.501 e. The van der Waals surface area contributed by atoms with Crippen LogP contribution in [0.2, 0.25) is 6.04 Å². The predicted molar refractivity (Wildman–Crippen MR) is 86.9 cm³/mol. The zero-order chi connectivity index (χ0) is 14.4. The van der Waals surface area contributed by atoms with E-state index < -0.39 is 8.80 Å². The normalized spacial score (nSPS) is 12.0. The van der Waals surface area contributed by atoms with Crippen LogP contribution >= 0.6 is 15.9 Å². The average Bonchev–Trinajstić information content (AvgIpc) is 2.40. The van der Waals surface area contributed by atoms with E-state index in [-0.39, 0.29) is 0 Å². The number of unbranched alkanes of at least 4 members (excludes halogenated alkanes) is 3. The molecule has 0 radical (unpaired) electrons. The Labute approximate surface area is 128 Å². The van der Waals surface area contributed by atoms with Crippen molar-refractivity contribution < 1.29 is 13.3 Å². The quantitative estimate of drug-likeness (QED) is 0.255. The smallest absolute Gasteiger partial charge is 0.373 e. The van der Waals surface area contributed by atoms with Gasteiger partial charge in [0.2, 0.25) is 0 Å². The molecule has 0 atom stereocenters. The van der Waals surface area contributed by atoms with Crippen LogP contribution in [0.4, 0.5) is 0 Å². The zero-order valence-electron chi connectivity index (χ0n) is 12.9. The first kappa shape index (κ1) is 19.6. The van der Waals surface area contributed by atoms with Gasteiger partial charge in [-0.05, 0) is 19.3 Å². The van der Waals surface area contributed by atoms with Crippen LogP contribution < -0.4 is 0 Å². The fraction of sp³-hybridized carbons (Fsp3) is 1.00. The number of rotatable bonds is 14. The summed E-state index contributed by atoms with van der Waals surface area (Å²) < 4.78 is 18.2. The van der Waals surface area contributed by atoms with Gasteiger partial charge in [0.25, 0.3) is 0 Å². The molecule has 0 fully saturated rings. The molecule has 0 N–H and O–H groups in total. The summed E-state index contributed by atoms with van der Waals surface area (Å²) in [6.45, 7) is 8.79. The Morgan fingerprint density at radius 1 is 0.737 bits per heavy atom. The maximum atomic E-state index is 6.07. The van der Waals surface area contributed by atoms with Gasteiger partial charge in [0, 0.05) is 31.2 Å². The molecule has 19 heavy (non-hydrogen) atoms. The summed E-state index contributed by atoms with van der Waals surface area (Å²) in [6.07, 6.45) is 6.65. The van der Waals surface area contributed by atoms with Gasteiger partial charge in [-0.3, -0.25) is 0 Å². The van der Waals surface area contributed by atoms with Crippen molar-refractivity contribution in [1.29, 1.82) is 0 Å². The van der Waals surface area contributed by atoms with Crippen molar-refractivity contribution in [3.05, 3.63) is 0 Å². The molecule has 0 bridgehead atoms. The van der Waals surface area contributed by atoms with Crippen molar-refractivity contribution in [2.45, 2.75) is 65.3 Å². The van der Waals surface area contributed by atoms with Gasteiger partial charge in [0.15, 0.2) is 0 Å². The number of hydrogen-bond acceptors (Lipinski definition) is 3. The van der Waals surface area contributed by atoms with Crippen LogP contribution in [0.3, 0.4) is 0 Å². The third-order valence-electron chi connectivity index (χ3n) is 2.86. The largest absolute Gasteiger partial charge is 0.501 e. The average molecular weight is 355 g/mol. The second kappa shape index (κ2) is 13.6. The number of alkyl halides is 1. The molecule has 0 aromatic rings. The van der Waals surface area contributed by atoms with Gasteiger partial charge in [-0.15, -0.1) is 0 Å². The molecule has 0 heterocycles. The van der Waals surface area contributed by atoms with Gasteiger partial charge in [-0.1, -0.05) is 56.0 Å². The van der Waals surface area contributed by atoms with E-state index in [0.29, 0.717) is 0 Å². The fourth-order valence-electron chi connectivity index (χ4n) is 1.57. The fourth-order valence-corrected chi connectivity index (χ4v) is 5.31. The van der Waals surface area contributed by atoms with E-state index in [4.69, 9.17) is 13.3 Å². The summed E-state index contributed by atoms with van der Waals surface area (Å²) in [5.41, 5.74) is 0. The van der Waals surface area contributed by atoms with E-state index in [0.717, 1.165) is 69.7 Å². The lowest BCUT2D eigenvalue weighted by Gasteiger charge is -2.29. The first-order chi connectivity index (χ1) is 9.24. The first-order valence-corrected chi connectivity index (χ1v) is 10.8. The molecule has 0 aliphatic heterocycles. The topological polar surface area (TPSA) is 27.7 Å². The van der Waals surface area contributed by atoms with Gasteiger partial charge < -0.3 is 13.3 Å². The van der Waals surface area contributed by atoms with Crippen molar-refractivity contribution in [2.75, 3.05) is 25.2 Å². The lowest BCUT2D eigenvalue weighted by Crippen LogP contribution is -2.47. The van der Waals surface area contributed by atoms with Gasteiger partial charge in [-0.2, -0.15) is 0 Å². The van der Waals surface area contributed by atoms with Crippen molar-refractivity contribution in [3.8, 4) is 0 Å². The van der Waals surface area contributed by atoms with Crippen LogP contribution in [0.1, 0.15) is 59.3 Å². The van der Waals surface area contributed by atoms with Gasteiger partial charge in [0.05, 0.1) is 0 Å². The lowest BCUT2D eigenvalue weighted by atomic mass is 10.4. The molecular formula is C14H31BrO3Si. The Morgan fingerprint density at radius 2 is 1.11 bits per heavy atom. The predicted octanol–water partition coefficient (Wildman–Crippen LogP) is 4.77. The number of hydrogen-bond donors (Lipinski definition) is 0. The summed E-state index contributed by atoms with van der Waals surface area (Å²) in [6, 6.07) is 0.865. The molecule has 0 rings (SSSR count). The van der Waals surface area contributed by atoms with Crippen molar-refractivity contribution in [2.24, 2.45) is 0 Å². The summed E-state index contributed by atoms with van der Waals surface area (Å²) in [4.78, 5) is 0. The van der Waals surface area contributed by atoms with E-state index in [1.165, 1.54) is 0 Å². The zero-order valence-corrected chi connectivity index (χ0v) is 15.5. The molecule has 5 heteroatoms. The van der Waals surface area contributed by atoms with Crippen LogP contribution in [-0.4, -0.2) is 34.0 Å². The van der Waals surface area contributed by atoms with Crippen LogP contribution in [0.25, 0.3) is 0 Å². The van der Waals surface area contributed by atoms with Crippen LogP contribution in [-0.2, 0) is 13.3 Å². The van der Waals surface area contributed by atoms with Crippen molar-refractivity contribution >= 4 is 24.7 Å². The molecule has 0 spiro atoms. The molecular weight excluding hydrogens is 324 g/mol. The molecule has 0 aliphatic carbocycles. The first-order valence-electron chi connectivity index (χ1n) is 7.72. The standard InChI is InChI=1S/C14H31BrO3Si/c1-4-7-11-16-19(14-10-15,17-12-8-5-2)18-13-9-6-3/h4-14H2,1-3H3. The summed E-state index contributed by atoms with van der Waals surface area (Å²) in [5.74, 6) is 0. The molecule has 0 aliphatic rings. The molecule has 0 amide bonds. The Morgan fingerprint density at radius 3 is 1.37 bits per heavy atom. The second-order valence-electron chi connectivity index (χ2n) is 4.73. The maximum absolute atomic E-state index is 6.07. The van der Waals surface area contributed by atoms with Crippen molar-refractivity contribution in [1.82, 2.24) is 0 Å². The molecule has 116 valence electrons. The summed E-state index contributed by atoms with van der Waals surface area (Å²) in [5, 5.41) is 0.879. The molecule has 0 saturated carbocycles. The van der Waals surface area contributed by atoms with Crippen LogP contribution in [0, 0.1) is 0 Å². The van der Waals surface area contributed by atoms with Gasteiger partial charge in [-0.25, -0.2) is 0 Å². The minimum Gasteiger partial charge on any atom is -0.373 e. The SMILES string of the molecule is CCCCO[Si](CCBr)(OCCCC)OCCCC. The van der Waals surface area contributed by atoms with Gasteiger partial charge in [0.1, 0.15) is 0 Å². The minimum atomic E-state index is -2.45. The van der Waals surface area contributed by atoms with Crippen LogP contribution in [0.15, 0.2) is 0 Å². The molecule has 0 aromatic carbocycles. The summed E-state index contributed by atoms with van der Waals surface area (Å²) >= 11 is 3.51. The monoisotopic (exact) mass is 354 g/mol. The highest BCUT2D eigenvalue weighted by molar-refractivity contribution is 9.09. The van der Waals surface area contributed by atoms with Crippen molar-refractivity contribution in [3.63, 3.8) is 0 Å². The third-order valence-corrected chi connectivity index (χ3v) is 6.78. The number of halogens is 1. The van der Waals surface area contributed by atoms with E-state index in [1.54, 1.807) is 0 Å². The Balaban J connectivity index is 4.37. The van der Waals surface area contributed by atoms with E-state index in [2.05, 4.69) is 36.7 Å². The molecule has 0 aromatic heterocycles. The van der Waals surface area contributed by atoms with E-state index in [1.807, 2.05) is 0 Å². The highest BCUT2D eigenvalue weighted by Gasteiger charge is 2.40. The Hall–Kier alpha value is 0.577. The second-order valence-corrected chi connectivity index (χ2v) is 8.25. The van der Waals surface area contributed by atoms with Crippen LogP contribution in [0.5, 0.6) is 0 Å². The molecule has 3 nitrogen and oxygen atoms in total. The highest BCUT2D eigenvalue weighted by atomic mass is 79.9. The Bertz CT molecular complexity index is 167. The van der Waals surface area contributed by atoms with E-state index >= 15 is 0 Å². The Kier molecular flexibility index (Phi) is 14.0. The summed E-state index contributed by atoms with van der Waals surface area (Å²) in [7, 11) is -2.45. The van der Waals surface area contributed by atoms with E-state index in [9.17, 15) is 0 Å².